The number of aryl methyl sites for hydroxylation is 3. The van der Waals surface area contributed by atoms with E-state index in [4.69, 9.17) is 12.2 Å². The highest BCUT2D eigenvalue weighted by Gasteiger charge is 2.05. The first-order chi connectivity index (χ1) is 7.72. The van der Waals surface area contributed by atoms with Crippen molar-refractivity contribution in [2.75, 3.05) is 0 Å². The van der Waals surface area contributed by atoms with Crippen molar-refractivity contribution in [3.05, 3.63) is 28.8 Å². The quantitative estimate of drug-likeness (QED) is 0.819. The van der Waals surface area contributed by atoms with E-state index in [-0.39, 0.29) is 0 Å². The molecule has 0 saturated carbocycles. The molecule has 0 saturated heterocycles. The molecule has 2 aromatic heterocycles. The standard InChI is InChI=1S/C10H15N5S/c1-3-8-6-11-10(16)15(8)5-4-9-13-12-7-14(9)2/h6-7H,3-5H2,1-2H3,(H,11,16). The average molecular weight is 237 g/mol. The summed E-state index contributed by atoms with van der Waals surface area (Å²) in [5, 5.41) is 7.91. The number of nitrogens with zero attached hydrogens (tertiary/aromatic N) is 4. The highest BCUT2D eigenvalue weighted by Crippen LogP contribution is 2.05. The summed E-state index contributed by atoms with van der Waals surface area (Å²) in [6.45, 7) is 2.97. The molecule has 0 atom stereocenters. The van der Waals surface area contributed by atoms with E-state index in [2.05, 4.69) is 26.7 Å². The third-order valence-electron chi connectivity index (χ3n) is 2.68. The van der Waals surface area contributed by atoms with Gasteiger partial charge in [0.1, 0.15) is 12.2 Å². The van der Waals surface area contributed by atoms with Crippen LogP contribution in [0.5, 0.6) is 0 Å². The van der Waals surface area contributed by atoms with Gasteiger partial charge >= 0.3 is 0 Å². The Hall–Kier alpha value is -1.43. The second-order valence-corrected chi connectivity index (χ2v) is 4.09. The van der Waals surface area contributed by atoms with Crippen molar-refractivity contribution in [3.63, 3.8) is 0 Å². The lowest BCUT2D eigenvalue weighted by molar-refractivity contribution is 0.621. The van der Waals surface area contributed by atoms with Gasteiger partial charge in [0.05, 0.1) is 0 Å². The molecular formula is C10H15N5S. The topological polar surface area (TPSA) is 51.4 Å². The van der Waals surface area contributed by atoms with Crippen molar-refractivity contribution < 1.29 is 0 Å². The molecule has 0 aromatic carbocycles. The molecule has 0 radical (unpaired) electrons. The maximum absolute atomic E-state index is 5.23. The summed E-state index contributed by atoms with van der Waals surface area (Å²) in [6, 6.07) is 0. The van der Waals surface area contributed by atoms with Crippen molar-refractivity contribution in [2.24, 2.45) is 7.05 Å². The molecule has 0 aliphatic carbocycles. The first-order valence-electron chi connectivity index (χ1n) is 5.32. The predicted molar refractivity (Wildman–Crippen MR) is 63.7 cm³/mol. The van der Waals surface area contributed by atoms with Crippen LogP contribution in [-0.4, -0.2) is 24.3 Å². The summed E-state index contributed by atoms with van der Waals surface area (Å²) in [4.78, 5) is 3.07. The molecule has 1 N–H and O–H groups in total. The molecule has 16 heavy (non-hydrogen) atoms. The van der Waals surface area contributed by atoms with Crippen molar-refractivity contribution in [2.45, 2.75) is 26.3 Å². The smallest absolute Gasteiger partial charge is 0.177 e. The minimum absolute atomic E-state index is 0.777. The maximum atomic E-state index is 5.23. The fourth-order valence-electron chi connectivity index (χ4n) is 1.71. The molecule has 86 valence electrons. The van der Waals surface area contributed by atoms with Crippen LogP contribution >= 0.6 is 12.2 Å². The van der Waals surface area contributed by atoms with Crippen LogP contribution in [0.15, 0.2) is 12.5 Å². The molecule has 2 heterocycles. The number of aromatic amines is 1. The fourth-order valence-corrected chi connectivity index (χ4v) is 1.98. The number of H-pyrrole nitrogens is 1. The first kappa shape index (κ1) is 11.1. The zero-order chi connectivity index (χ0) is 11.5. The Kier molecular flexibility index (Phi) is 3.19. The molecule has 0 spiro atoms. The fraction of sp³-hybridized carbons (Fsp3) is 0.500. The van der Waals surface area contributed by atoms with Crippen molar-refractivity contribution in [1.29, 1.82) is 0 Å². The third kappa shape index (κ3) is 2.06. The lowest BCUT2D eigenvalue weighted by atomic mass is 10.3. The van der Waals surface area contributed by atoms with Crippen molar-refractivity contribution in [3.8, 4) is 0 Å². The van der Waals surface area contributed by atoms with Crippen LogP contribution in [0.2, 0.25) is 0 Å². The molecule has 0 aliphatic rings. The van der Waals surface area contributed by atoms with Gasteiger partial charge in [-0.3, -0.25) is 0 Å². The normalized spacial score (nSPS) is 10.9. The Morgan fingerprint density at radius 3 is 2.94 bits per heavy atom. The molecule has 2 aromatic rings. The molecule has 5 nitrogen and oxygen atoms in total. The highest BCUT2D eigenvalue weighted by atomic mass is 32.1. The molecule has 0 amide bonds. The Bertz CT molecular complexity index is 521. The van der Waals surface area contributed by atoms with E-state index in [0.717, 1.165) is 30.0 Å². The van der Waals surface area contributed by atoms with E-state index < -0.39 is 0 Å². The summed E-state index contributed by atoms with van der Waals surface area (Å²) in [5.74, 6) is 0.977. The Labute approximate surface area is 99.1 Å². The van der Waals surface area contributed by atoms with E-state index in [9.17, 15) is 0 Å². The largest absolute Gasteiger partial charge is 0.337 e. The minimum Gasteiger partial charge on any atom is -0.337 e. The van der Waals surface area contributed by atoms with Crippen LogP contribution in [-0.2, 0) is 26.4 Å². The van der Waals surface area contributed by atoms with Crippen LogP contribution < -0.4 is 0 Å². The monoisotopic (exact) mass is 237 g/mol. The molecule has 0 aliphatic heterocycles. The van der Waals surface area contributed by atoms with Gasteiger partial charge in [0.15, 0.2) is 4.77 Å². The number of aromatic nitrogens is 5. The molecule has 2 rings (SSSR count). The van der Waals surface area contributed by atoms with Crippen molar-refractivity contribution >= 4 is 12.2 Å². The van der Waals surface area contributed by atoms with E-state index in [1.807, 2.05) is 17.8 Å². The molecule has 0 bridgehead atoms. The number of hydrogen-bond acceptors (Lipinski definition) is 3. The van der Waals surface area contributed by atoms with Gasteiger partial charge in [-0.15, -0.1) is 10.2 Å². The Balaban J connectivity index is 2.13. The van der Waals surface area contributed by atoms with E-state index in [0.29, 0.717) is 0 Å². The SMILES string of the molecule is CCc1c[nH]c(=S)n1CCc1nncn1C. The van der Waals surface area contributed by atoms with Gasteiger partial charge in [-0.2, -0.15) is 0 Å². The highest BCUT2D eigenvalue weighted by molar-refractivity contribution is 7.71. The Morgan fingerprint density at radius 2 is 2.31 bits per heavy atom. The van der Waals surface area contributed by atoms with E-state index in [1.54, 1.807) is 6.33 Å². The van der Waals surface area contributed by atoms with Gasteiger partial charge in [-0.05, 0) is 18.6 Å². The third-order valence-corrected chi connectivity index (χ3v) is 3.02. The van der Waals surface area contributed by atoms with Crippen LogP contribution in [0.4, 0.5) is 0 Å². The number of rotatable bonds is 4. The second kappa shape index (κ2) is 4.61. The molecular weight excluding hydrogens is 222 g/mol. The number of nitrogens with one attached hydrogen (secondary N) is 1. The maximum Gasteiger partial charge on any atom is 0.177 e. The second-order valence-electron chi connectivity index (χ2n) is 3.70. The zero-order valence-electron chi connectivity index (χ0n) is 9.47. The van der Waals surface area contributed by atoms with Crippen LogP contribution in [0.3, 0.4) is 0 Å². The molecule has 0 unspecified atom stereocenters. The molecule has 6 heteroatoms. The average Bonchev–Trinajstić information content (AvgIpc) is 2.82. The van der Waals surface area contributed by atoms with E-state index >= 15 is 0 Å². The van der Waals surface area contributed by atoms with Gasteiger partial charge in [0.2, 0.25) is 0 Å². The minimum atomic E-state index is 0.777. The lowest BCUT2D eigenvalue weighted by Gasteiger charge is -2.06. The van der Waals surface area contributed by atoms with Crippen LogP contribution in [0.1, 0.15) is 18.4 Å². The summed E-state index contributed by atoms with van der Waals surface area (Å²) in [7, 11) is 1.95. The van der Waals surface area contributed by atoms with Crippen LogP contribution in [0.25, 0.3) is 0 Å². The summed E-state index contributed by atoms with van der Waals surface area (Å²) in [6.07, 6.45) is 5.51. The number of hydrogen-bond donors (Lipinski definition) is 1. The van der Waals surface area contributed by atoms with Gasteiger partial charge < -0.3 is 14.1 Å². The first-order valence-corrected chi connectivity index (χ1v) is 5.73. The summed E-state index contributed by atoms with van der Waals surface area (Å²) in [5.41, 5.74) is 1.23. The van der Waals surface area contributed by atoms with Crippen molar-refractivity contribution in [1.82, 2.24) is 24.3 Å². The Morgan fingerprint density at radius 1 is 1.50 bits per heavy atom. The lowest BCUT2D eigenvalue weighted by Crippen LogP contribution is -2.08. The summed E-state index contributed by atoms with van der Waals surface area (Å²) < 4.78 is 4.82. The van der Waals surface area contributed by atoms with Gasteiger partial charge in [-0.1, -0.05) is 6.92 Å². The zero-order valence-corrected chi connectivity index (χ0v) is 10.3. The van der Waals surface area contributed by atoms with Crippen LogP contribution in [0, 0.1) is 4.77 Å². The van der Waals surface area contributed by atoms with Gasteiger partial charge in [0, 0.05) is 31.9 Å². The van der Waals surface area contributed by atoms with E-state index in [1.165, 1.54) is 5.69 Å². The number of imidazole rings is 1. The molecule has 0 fully saturated rings. The van der Waals surface area contributed by atoms with Gasteiger partial charge in [0.25, 0.3) is 0 Å². The predicted octanol–water partition coefficient (Wildman–Crippen LogP) is 1.48. The summed E-state index contributed by atoms with van der Waals surface area (Å²) >= 11 is 5.23. The van der Waals surface area contributed by atoms with Gasteiger partial charge in [-0.25, -0.2) is 0 Å².